The van der Waals surface area contributed by atoms with E-state index in [0.29, 0.717) is 18.3 Å². The van der Waals surface area contributed by atoms with Gasteiger partial charge < -0.3 is 9.42 Å². The first-order valence-corrected chi connectivity index (χ1v) is 10.5. The first-order valence-electron chi connectivity index (χ1n) is 9.67. The van der Waals surface area contributed by atoms with E-state index in [1.807, 2.05) is 29.6 Å². The molecule has 0 radical (unpaired) electrons. The van der Waals surface area contributed by atoms with Crippen LogP contribution < -0.4 is 0 Å². The number of aromatic nitrogens is 2. The average molecular weight is 415 g/mol. The first-order chi connectivity index (χ1) is 14.1. The largest absolute Gasteiger partial charge is 0.337 e. The van der Waals surface area contributed by atoms with Crippen molar-refractivity contribution < 1.29 is 13.7 Å². The molecule has 1 saturated heterocycles. The van der Waals surface area contributed by atoms with Crippen molar-refractivity contribution >= 4 is 17.2 Å². The summed E-state index contributed by atoms with van der Waals surface area (Å²) >= 11 is 1.55. The van der Waals surface area contributed by atoms with E-state index in [0.717, 1.165) is 42.9 Å². The van der Waals surface area contributed by atoms with E-state index in [2.05, 4.69) is 15.0 Å². The molecule has 3 heterocycles. The highest BCUT2D eigenvalue weighted by Crippen LogP contribution is 2.23. The Balaban J connectivity index is 1.27. The van der Waals surface area contributed by atoms with Gasteiger partial charge in [0.1, 0.15) is 5.82 Å². The van der Waals surface area contributed by atoms with Crippen molar-refractivity contribution in [1.29, 1.82) is 0 Å². The van der Waals surface area contributed by atoms with Crippen molar-refractivity contribution in [2.45, 2.75) is 25.9 Å². The lowest BCUT2D eigenvalue weighted by Crippen LogP contribution is -2.40. The van der Waals surface area contributed by atoms with Gasteiger partial charge in [0.2, 0.25) is 17.6 Å². The van der Waals surface area contributed by atoms with Gasteiger partial charge in [0, 0.05) is 19.5 Å². The van der Waals surface area contributed by atoms with Crippen LogP contribution in [0.1, 0.15) is 24.3 Å². The number of carbonyl (C=O) groups excluding carboxylic acids is 1. The van der Waals surface area contributed by atoms with Crippen LogP contribution >= 0.6 is 11.3 Å². The molecular formula is C21H23FN4O2S. The highest BCUT2D eigenvalue weighted by Gasteiger charge is 2.28. The number of piperidine rings is 1. The van der Waals surface area contributed by atoms with E-state index >= 15 is 0 Å². The number of hydrogen-bond acceptors (Lipinski definition) is 6. The van der Waals surface area contributed by atoms with Crippen LogP contribution in [0.25, 0.3) is 10.7 Å². The zero-order chi connectivity index (χ0) is 20.2. The Morgan fingerprint density at radius 3 is 2.72 bits per heavy atom. The van der Waals surface area contributed by atoms with Crippen LogP contribution in [0.2, 0.25) is 0 Å². The Labute approximate surface area is 172 Å². The van der Waals surface area contributed by atoms with Crippen molar-refractivity contribution in [3.8, 4) is 10.7 Å². The minimum Gasteiger partial charge on any atom is -0.337 e. The summed E-state index contributed by atoms with van der Waals surface area (Å²) in [7, 11) is 1.78. The lowest BCUT2D eigenvalue weighted by molar-refractivity contribution is -0.136. The molecule has 4 rings (SSSR count). The van der Waals surface area contributed by atoms with Gasteiger partial charge in [-0.05, 0) is 55.1 Å². The van der Waals surface area contributed by atoms with E-state index in [4.69, 9.17) is 4.52 Å². The number of amides is 1. The van der Waals surface area contributed by atoms with Gasteiger partial charge in [-0.25, -0.2) is 4.39 Å². The van der Waals surface area contributed by atoms with Gasteiger partial charge in [0.25, 0.3) is 0 Å². The predicted octanol–water partition coefficient (Wildman–Crippen LogP) is 3.81. The van der Waals surface area contributed by atoms with Gasteiger partial charge in [-0.2, -0.15) is 4.98 Å². The number of thiophene rings is 1. The SMILES string of the molecule is CN(Cc1nc(-c2cccs2)no1)C(=O)C1CCN(Cc2ccc(F)cc2)CC1. The van der Waals surface area contributed by atoms with Crippen molar-refractivity contribution in [3.05, 3.63) is 59.0 Å². The maximum atomic E-state index is 13.0. The molecule has 1 aliphatic heterocycles. The molecule has 8 heteroatoms. The summed E-state index contributed by atoms with van der Waals surface area (Å²) in [6.07, 6.45) is 1.63. The average Bonchev–Trinajstić information content (AvgIpc) is 3.41. The summed E-state index contributed by atoms with van der Waals surface area (Å²) < 4.78 is 18.3. The third kappa shape index (κ3) is 4.89. The topological polar surface area (TPSA) is 62.5 Å². The quantitative estimate of drug-likeness (QED) is 0.614. The highest BCUT2D eigenvalue weighted by atomic mass is 32.1. The summed E-state index contributed by atoms with van der Waals surface area (Å²) in [5.74, 6) is 0.902. The number of hydrogen-bond donors (Lipinski definition) is 0. The van der Waals surface area contributed by atoms with E-state index in [1.165, 1.54) is 12.1 Å². The summed E-state index contributed by atoms with van der Waals surface area (Å²) in [4.78, 5) is 22.1. The van der Waals surface area contributed by atoms with Crippen LogP contribution in [0.4, 0.5) is 4.39 Å². The monoisotopic (exact) mass is 414 g/mol. The van der Waals surface area contributed by atoms with Crippen LogP contribution in [0.5, 0.6) is 0 Å². The molecule has 6 nitrogen and oxygen atoms in total. The molecule has 0 unspecified atom stereocenters. The fourth-order valence-electron chi connectivity index (χ4n) is 3.60. The summed E-state index contributed by atoms with van der Waals surface area (Å²) in [6.45, 7) is 2.80. The van der Waals surface area contributed by atoms with Crippen molar-refractivity contribution in [2.24, 2.45) is 5.92 Å². The fraction of sp³-hybridized carbons (Fsp3) is 0.381. The minimum atomic E-state index is -0.218. The molecular weight excluding hydrogens is 391 g/mol. The lowest BCUT2D eigenvalue weighted by Gasteiger charge is -2.33. The van der Waals surface area contributed by atoms with Crippen LogP contribution in [0, 0.1) is 11.7 Å². The highest BCUT2D eigenvalue weighted by molar-refractivity contribution is 7.13. The van der Waals surface area contributed by atoms with Crippen molar-refractivity contribution in [1.82, 2.24) is 19.9 Å². The number of benzene rings is 1. The number of likely N-dealkylation sites (tertiary alicyclic amines) is 1. The second-order valence-electron chi connectivity index (χ2n) is 7.36. The molecule has 1 aliphatic rings. The Morgan fingerprint density at radius 1 is 1.28 bits per heavy atom. The normalized spacial score (nSPS) is 15.5. The zero-order valence-corrected chi connectivity index (χ0v) is 17.1. The molecule has 0 spiro atoms. The molecule has 3 aromatic rings. The van der Waals surface area contributed by atoms with Gasteiger partial charge in [-0.15, -0.1) is 11.3 Å². The van der Waals surface area contributed by atoms with Crippen molar-refractivity contribution in [3.63, 3.8) is 0 Å². The van der Waals surface area contributed by atoms with E-state index in [1.54, 1.807) is 23.3 Å². The molecule has 0 atom stereocenters. The Bertz CT molecular complexity index is 934. The molecule has 0 saturated carbocycles. The second-order valence-corrected chi connectivity index (χ2v) is 8.31. The number of rotatable bonds is 6. The van der Waals surface area contributed by atoms with Crippen LogP contribution in [-0.4, -0.2) is 46.0 Å². The Morgan fingerprint density at radius 2 is 2.03 bits per heavy atom. The van der Waals surface area contributed by atoms with Gasteiger partial charge in [-0.3, -0.25) is 9.69 Å². The second kappa shape index (κ2) is 8.84. The zero-order valence-electron chi connectivity index (χ0n) is 16.3. The van der Waals surface area contributed by atoms with Gasteiger partial charge in [-0.1, -0.05) is 23.4 Å². The number of halogens is 1. The van der Waals surface area contributed by atoms with Crippen LogP contribution in [0.3, 0.4) is 0 Å². The molecule has 2 aromatic heterocycles. The number of carbonyl (C=O) groups is 1. The summed E-state index contributed by atoms with van der Waals surface area (Å²) in [5, 5.41) is 5.96. The minimum absolute atomic E-state index is 0.00385. The van der Waals surface area contributed by atoms with Gasteiger partial charge in [0.15, 0.2) is 0 Å². The van der Waals surface area contributed by atoms with E-state index in [-0.39, 0.29) is 17.6 Å². The first kappa shape index (κ1) is 19.7. The van der Waals surface area contributed by atoms with Gasteiger partial charge >= 0.3 is 0 Å². The van der Waals surface area contributed by atoms with Gasteiger partial charge in [0.05, 0.1) is 11.4 Å². The molecule has 1 fully saturated rings. The molecule has 0 bridgehead atoms. The third-order valence-electron chi connectivity index (χ3n) is 5.21. The standard InChI is InChI=1S/C21H23FN4O2S/c1-25(14-19-23-20(24-28-19)18-3-2-12-29-18)21(27)16-8-10-26(11-9-16)13-15-4-6-17(22)7-5-15/h2-7,12,16H,8-11,13-14H2,1H3. The maximum absolute atomic E-state index is 13.0. The Hall–Kier alpha value is -2.58. The molecule has 0 N–H and O–H groups in total. The smallest absolute Gasteiger partial charge is 0.246 e. The lowest BCUT2D eigenvalue weighted by atomic mass is 9.95. The van der Waals surface area contributed by atoms with Crippen molar-refractivity contribution in [2.75, 3.05) is 20.1 Å². The maximum Gasteiger partial charge on any atom is 0.246 e. The van der Waals surface area contributed by atoms with E-state index in [9.17, 15) is 9.18 Å². The van der Waals surface area contributed by atoms with Crippen LogP contribution in [-0.2, 0) is 17.9 Å². The molecule has 1 aromatic carbocycles. The molecule has 29 heavy (non-hydrogen) atoms. The summed E-state index contributed by atoms with van der Waals surface area (Å²) in [6, 6.07) is 10.5. The van der Waals surface area contributed by atoms with E-state index < -0.39 is 0 Å². The summed E-state index contributed by atoms with van der Waals surface area (Å²) in [5.41, 5.74) is 1.09. The number of nitrogens with zero attached hydrogens (tertiary/aromatic N) is 4. The predicted molar refractivity (Wildman–Crippen MR) is 108 cm³/mol. The fourth-order valence-corrected chi connectivity index (χ4v) is 4.25. The molecule has 1 amide bonds. The third-order valence-corrected chi connectivity index (χ3v) is 6.08. The molecule has 152 valence electrons. The Kier molecular flexibility index (Phi) is 6.01. The van der Waals surface area contributed by atoms with Crippen LogP contribution in [0.15, 0.2) is 46.3 Å². The molecule has 0 aliphatic carbocycles.